The number of aromatic nitrogens is 3. The number of rotatable bonds is 6. The van der Waals surface area contributed by atoms with Gasteiger partial charge >= 0.3 is 0 Å². The second kappa shape index (κ2) is 14.6. The van der Waals surface area contributed by atoms with Gasteiger partial charge in [-0.1, -0.05) is 167 Å². The quantitative estimate of drug-likeness (QED) is 0.181. The van der Waals surface area contributed by atoms with E-state index in [4.69, 9.17) is 9.97 Å². The van der Waals surface area contributed by atoms with Crippen LogP contribution in [0.2, 0.25) is 0 Å². The minimum Gasteiger partial charge on any atom is -0.506 e. The Morgan fingerprint density at radius 3 is 1.35 bits per heavy atom. The van der Waals surface area contributed by atoms with E-state index in [9.17, 15) is 5.11 Å². The van der Waals surface area contributed by atoms with Crippen molar-refractivity contribution < 1.29 is 5.11 Å². The van der Waals surface area contributed by atoms with Crippen LogP contribution < -0.4 is 0 Å². The second-order valence-electron chi connectivity index (χ2n) is 20.0. The van der Waals surface area contributed by atoms with Crippen molar-refractivity contribution >= 4 is 11.0 Å². The van der Waals surface area contributed by atoms with Gasteiger partial charge in [0.05, 0.1) is 33.7 Å². The molecule has 8 aromatic carbocycles. The molecule has 1 N–H and O–H groups in total. The summed E-state index contributed by atoms with van der Waals surface area (Å²) in [5, 5.41) is 12.8. The zero-order valence-corrected chi connectivity index (χ0v) is 38.6. The molecule has 6 aliphatic carbocycles. The molecule has 16 rings (SSSR count). The third kappa shape index (κ3) is 5.43. The molecule has 0 radical (unpaired) electrons. The molecule has 0 fully saturated rings. The van der Waals surface area contributed by atoms with Crippen LogP contribution in [0.4, 0.5) is 0 Å². The standard InChI is InChI=1S/C64H49N3O/c1-35(2)38-24-13-25-39(36(3)4)62(38)67-57-34-53-52(60-44-20-9-11-22-46(44)61(53)47-23-12-10-21-45(47)60)33-56(57)66-64(67)50-27-14-26-49(63(50)68)55-29-15-28-54(65-55)37-30-31-48-51(32-37)59-42-18-7-5-16-40(42)58(48)41-17-6-8-19-43(41)59/h5-36,58-61,68H,1-4H3. The predicted octanol–water partition coefficient (Wildman–Crippen LogP) is 15.3. The van der Waals surface area contributed by atoms with Crippen LogP contribution in [-0.4, -0.2) is 19.6 Å². The van der Waals surface area contributed by atoms with Gasteiger partial charge in [-0.3, -0.25) is 4.57 Å². The first kappa shape index (κ1) is 39.4. The highest BCUT2D eigenvalue weighted by atomic mass is 16.3. The molecule has 326 valence electrons. The lowest BCUT2D eigenvalue weighted by Crippen LogP contribution is -2.27. The second-order valence-corrected chi connectivity index (χ2v) is 20.0. The third-order valence-electron chi connectivity index (χ3n) is 15.8. The highest BCUT2D eigenvalue weighted by Crippen LogP contribution is 2.58. The van der Waals surface area contributed by atoms with Crippen LogP contribution in [0.1, 0.15) is 141 Å². The van der Waals surface area contributed by atoms with E-state index in [2.05, 4.69) is 190 Å². The van der Waals surface area contributed by atoms with Gasteiger partial charge in [0, 0.05) is 34.8 Å². The highest BCUT2D eigenvalue weighted by Gasteiger charge is 2.43. The van der Waals surface area contributed by atoms with Crippen molar-refractivity contribution in [2.75, 3.05) is 0 Å². The van der Waals surface area contributed by atoms with E-state index in [1.165, 1.54) is 77.9 Å². The molecule has 0 spiro atoms. The molecular formula is C64H49N3O. The monoisotopic (exact) mass is 875 g/mol. The summed E-state index contributed by atoms with van der Waals surface area (Å²) in [6.07, 6.45) is 0. The number of phenolic OH excluding ortho intramolecular Hbond substituents is 1. The van der Waals surface area contributed by atoms with E-state index in [1.807, 2.05) is 24.3 Å². The van der Waals surface area contributed by atoms with E-state index in [1.54, 1.807) is 0 Å². The summed E-state index contributed by atoms with van der Waals surface area (Å²) in [7, 11) is 0. The van der Waals surface area contributed by atoms with Crippen molar-refractivity contribution in [1.29, 1.82) is 0 Å². The number of hydrogen-bond donors (Lipinski definition) is 1. The molecule has 2 aromatic heterocycles. The van der Waals surface area contributed by atoms with Crippen molar-refractivity contribution in [2.45, 2.75) is 63.2 Å². The van der Waals surface area contributed by atoms with Gasteiger partial charge < -0.3 is 5.11 Å². The Morgan fingerprint density at radius 1 is 0.397 bits per heavy atom. The van der Waals surface area contributed by atoms with Crippen molar-refractivity contribution in [3.05, 3.63) is 260 Å². The number of benzene rings is 8. The zero-order chi connectivity index (χ0) is 45.5. The number of pyridine rings is 1. The average Bonchev–Trinajstić information content (AvgIpc) is 3.74. The van der Waals surface area contributed by atoms with Crippen LogP contribution in [0.5, 0.6) is 5.75 Å². The first-order valence-electron chi connectivity index (χ1n) is 24.3. The van der Waals surface area contributed by atoms with Crippen LogP contribution in [0.15, 0.2) is 182 Å². The lowest BCUT2D eigenvalue weighted by Gasteiger charge is -2.42. The van der Waals surface area contributed by atoms with Gasteiger partial charge in [0.2, 0.25) is 0 Å². The molecule has 0 saturated heterocycles. The van der Waals surface area contributed by atoms with Crippen molar-refractivity contribution in [3.63, 3.8) is 0 Å². The number of para-hydroxylation sites is 2. The largest absolute Gasteiger partial charge is 0.506 e. The van der Waals surface area contributed by atoms with E-state index >= 15 is 0 Å². The predicted molar refractivity (Wildman–Crippen MR) is 275 cm³/mol. The number of imidazole rings is 1. The number of phenols is 1. The summed E-state index contributed by atoms with van der Waals surface area (Å²) < 4.78 is 2.38. The van der Waals surface area contributed by atoms with Gasteiger partial charge in [-0.15, -0.1) is 0 Å². The molecule has 0 atom stereocenters. The molecule has 68 heavy (non-hydrogen) atoms. The molecule has 4 bridgehead atoms. The molecule has 0 unspecified atom stereocenters. The fourth-order valence-corrected chi connectivity index (χ4v) is 12.9. The van der Waals surface area contributed by atoms with Crippen LogP contribution >= 0.6 is 0 Å². The van der Waals surface area contributed by atoms with Gasteiger partial charge in [0.25, 0.3) is 0 Å². The minimum absolute atomic E-state index is 0.121. The Labute approximate surface area is 397 Å². The van der Waals surface area contributed by atoms with E-state index < -0.39 is 0 Å². The lowest BCUT2D eigenvalue weighted by atomic mass is 9.61. The van der Waals surface area contributed by atoms with Crippen molar-refractivity contribution in [1.82, 2.24) is 14.5 Å². The number of nitrogens with zero attached hydrogens (tertiary/aromatic N) is 3. The topological polar surface area (TPSA) is 50.9 Å². The van der Waals surface area contributed by atoms with Crippen LogP contribution in [-0.2, 0) is 0 Å². The van der Waals surface area contributed by atoms with E-state index in [-0.39, 0.29) is 41.3 Å². The lowest BCUT2D eigenvalue weighted by molar-refractivity contribution is 0.478. The molecule has 10 aromatic rings. The van der Waals surface area contributed by atoms with Gasteiger partial charge in [-0.05, 0) is 132 Å². The Bertz CT molecular complexity index is 3640. The average molecular weight is 876 g/mol. The fourth-order valence-electron chi connectivity index (χ4n) is 12.9. The Kier molecular flexibility index (Phi) is 8.44. The first-order chi connectivity index (χ1) is 33.3. The summed E-state index contributed by atoms with van der Waals surface area (Å²) in [6, 6.07) is 66.6. The summed E-state index contributed by atoms with van der Waals surface area (Å²) in [6.45, 7) is 9.10. The molecule has 4 heteroatoms. The van der Waals surface area contributed by atoms with E-state index in [0.717, 1.165) is 33.8 Å². The van der Waals surface area contributed by atoms with Gasteiger partial charge in [0.15, 0.2) is 0 Å². The third-order valence-corrected chi connectivity index (χ3v) is 15.8. The SMILES string of the molecule is CC(C)c1cccc(C(C)C)c1-n1c(-c2cccc(-c3cccc(-c4ccc5c(c4)C4c6ccccc6C5c5ccccc54)n3)c2O)nc2cc3c(cc21)C1c2ccccc2C3c2ccccc21. The minimum atomic E-state index is 0.121. The Hall–Kier alpha value is -7.82. The molecule has 0 amide bonds. The number of hydrogen-bond acceptors (Lipinski definition) is 3. The molecule has 0 saturated carbocycles. The van der Waals surface area contributed by atoms with Crippen molar-refractivity contribution in [3.8, 4) is 45.3 Å². The Morgan fingerprint density at radius 2 is 0.824 bits per heavy atom. The van der Waals surface area contributed by atoms with Crippen LogP contribution in [0.3, 0.4) is 0 Å². The summed E-state index contributed by atoms with van der Waals surface area (Å²) in [5.74, 6) is 2.03. The number of fused-ring (bicyclic) bond motifs is 1. The molecule has 4 nitrogen and oxygen atoms in total. The highest BCUT2D eigenvalue weighted by molar-refractivity contribution is 5.90. The Balaban J connectivity index is 0.938. The summed E-state index contributed by atoms with van der Waals surface area (Å²) >= 11 is 0. The molecular weight excluding hydrogens is 827 g/mol. The maximum absolute atomic E-state index is 12.8. The molecule has 2 heterocycles. The van der Waals surface area contributed by atoms with Crippen molar-refractivity contribution in [2.24, 2.45) is 0 Å². The first-order valence-corrected chi connectivity index (χ1v) is 24.3. The van der Waals surface area contributed by atoms with Gasteiger partial charge in [-0.25, -0.2) is 9.97 Å². The number of aromatic hydroxyl groups is 1. The van der Waals surface area contributed by atoms with E-state index in [0.29, 0.717) is 16.8 Å². The fraction of sp³-hybridized carbons (Fsp3) is 0.156. The summed E-state index contributed by atoms with van der Waals surface area (Å²) in [4.78, 5) is 10.9. The van der Waals surface area contributed by atoms with Gasteiger partial charge in [0.1, 0.15) is 11.6 Å². The van der Waals surface area contributed by atoms with Crippen LogP contribution in [0.25, 0.3) is 50.6 Å². The maximum atomic E-state index is 12.8. The van der Waals surface area contributed by atoms with Gasteiger partial charge in [-0.2, -0.15) is 0 Å². The molecule has 0 aliphatic heterocycles. The maximum Gasteiger partial charge on any atom is 0.149 e. The summed E-state index contributed by atoms with van der Waals surface area (Å²) in [5.41, 5.74) is 26.2. The molecule has 6 aliphatic rings. The zero-order valence-electron chi connectivity index (χ0n) is 38.6. The van der Waals surface area contributed by atoms with Crippen LogP contribution in [0, 0.1) is 0 Å². The smallest absolute Gasteiger partial charge is 0.149 e. The normalized spacial score (nSPS) is 17.7.